The minimum absolute atomic E-state index is 0.130. The van der Waals surface area contributed by atoms with Gasteiger partial charge in [0.05, 0.1) is 5.69 Å². The lowest BCUT2D eigenvalue weighted by Gasteiger charge is -2.07. The van der Waals surface area contributed by atoms with E-state index >= 15 is 0 Å². The average molecular weight is 190 g/mol. The molecular weight excluding hydrogens is 182 g/mol. The lowest BCUT2D eigenvalue weighted by atomic mass is 10.2. The number of hydrogen-bond acceptors (Lipinski definition) is 3. The van der Waals surface area contributed by atoms with Gasteiger partial charge in [-0.2, -0.15) is 0 Å². The molecule has 0 saturated heterocycles. The minimum atomic E-state index is -2.85. The Morgan fingerprint density at radius 2 is 2.23 bits per heavy atom. The Labute approximate surface area is 72.0 Å². The number of pyridine rings is 1. The van der Waals surface area contributed by atoms with Crippen LogP contribution in [0.15, 0.2) is 10.9 Å². The van der Waals surface area contributed by atoms with Crippen molar-refractivity contribution in [3.05, 3.63) is 27.7 Å². The molecule has 13 heavy (non-hydrogen) atoms. The number of aromatic nitrogens is 1. The van der Waals surface area contributed by atoms with Crippen LogP contribution < -0.4 is 11.3 Å². The summed E-state index contributed by atoms with van der Waals surface area (Å²) >= 11 is 0. The van der Waals surface area contributed by atoms with Gasteiger partial charge in [-0.05, 0) is 0 Å². The summed E-state index contributed by atoms with van der Waals surface area (Å²) in [5.41, 5.74) is 3.60. The van der Waals surface area contributed by atoms with Gasteiger partial charge in [0, 0.05) is 18.2 Å². The molecule has 1 aromatic heterocycles. The summed E-state index contributed by atoms with van der Waals surface area (Å²) in [6, 6.07) is 0.814. The summed E-state index contributed by atoms with van der Waals surface area (Å²) in [4.78, 5) is 12.6. The molecule has 0 spiro atoms. The van der Waals surface area contributed by atoms with Crippen LogP contribution in [0.5, 0.6) is 5.75 Å². The van der Waals surface area contributed by atoms with Gasteiger partial charge < -0.3 is 15.8 Å². The van der Waals surface area contributed by atoms with Crippen molar-refractivity contribution in [3.8, 4) is 5.75 Å². The lowest BCUT2D eigenvalue weighted by Crippen LogP contribution is -2.13. The second-order valence-corrected chi connectivity index (χ2v) is 2.42. The second kappa shape index (κ2) is 3.53. The predicted octanol–water partition coefficient (Wildman–Crippen LogP) is 0.477. The van der Waals surface area contributed by atoms with Crippen LogP contribution in [0.3, 0.4) is 0 Å². The van der Waals surface area contributed by atoms with Gasteiger partial charge in [-0.25, -0.2) is 8.78 Å². The average Bonchev–Trinajstić information content (AvgIpc) is 2.02. The molecule has 0 atom stereocenters. The highest BCUT2D eigenvalue weighted by Crippen LogP contribution is 2.24. The normalized spacial score (nSPS) is 10.8. The van der Waals surface area contributed by atoms with Gasteiger partial charge >= 0.3 is 0 Å². The van der Waals surface area contributed by atoms with E-state index in [0.29, 0.717) is 0 Å². The largest absolute Gasteiger partial charge is 0.507 e. The number of nitrogens with one attached hydrogen (secondary N) is 1. The summed E-state index contributed by atoms with van der Waals surface area (Å²) in [6.45, 7) is -0.248. The second-order valence-electron chi connectivity index (χ2n) is 2.42. The maximum absolute atomic E-state index is 12.2. The van der Waals surface area contributed by atoms with Crippen molar-refractivity contribution < 1.29 is 13.9 Å². The molecule has 1 aromatic rings. The SMILES string of the molecule is NCc1c(O)cc(=O)[nH]c1C(F)F. The highest BCUT2D eigenvalue weighted by Gasteiger charge is 2.16. The molecule has 1 heterocycles. The van der Waals surface area contributed by atoms with E-state index < -0.39 is 23.4 Å². The Bertz CT molecular complexity index is 362. The molecule has 0 aliphatic heterocycles. The molecular formula is C7H8F2N2O2. The van der Waals surface area contributed by atoms with Gasteiger partial charge in [-0.15, -0.1) is 0 Å². The van der Waals surface area contributed by atoms with E-state index in [4.69, 9.17) is 10.8 Å². The molecule has 0 fully saturated rings. The molecule has 6 heteroatoms. The van der Waals surface area contributed by atoms with E-state index in [0.717, 1.165) is 6.07 Å². The molecule has 0 unspecified atom stereocenters. The van der Waals surface area contributed by atoms with Crippen LogP contribution in [0.1, 0.15) is 17.7 Å². The number of halogens is 2. The monoisotopic (exact) mass is 190 g/mol. The first-order chi connectivity index (χ1) is 6.06. The van der Waals surface area contributed by atoms with Crippen molar-refractivity contribution in [3.63, 3.8) is 0 Å². The Kier molecular flexibility index (Phi) is 2.62. The van der Waals surface area contributed by atoms with Gasteiger partial charge in [-0.1, -0.05) is 0 Å². The number of aromatic amines is 1. The van der Waals surface area contributed by atoms with E-state index in [1.54, 1.807) is 0 Å². The van der Waals surface area contributed by atoms with Crippen molar-refractivity contribution in [1.29, 1.82) is 0 Å². The minimum Gasteiger partial charge on any atom is -0.507 e. The third-order valence-corrected chi connectivity index (χ3v) is 1.58. The molecule has 0 saturated carbocycles. The Morgan fingerprint density at radius 1 is 1.62 bits per heavy atom. The van der Waals surface area contributed by atoms with Crippen LogP contribution in [-0.2, 0) is 6.54 Å². The molecule has 1 rings (SSSR count). The van der Waals surface area contributed by atoms with E-state index in [1.807, 2.05) is 4.98 Å². The van der Waals surface area contributed by atoms with Crippen molar-refractivity contribution in [2.45, 2.75) is 13.0 Å². The maximum Gasteiger partial charge on any atom is 0.278 e. The Hall–Kier alpha value is -1.43. The number of H-pyrrole nitrogens is 1. The first-order valence-electron chi connectivity index (χ1n) is 3.49. The molecule has 0 aromatic carbocycles. The van der Waals surface area contributed by atoms with Gasteiger partial charge in [0.15, 0.2) is 0 Å². The van der Waals surface area contributed by atoms with Gasteiger partial charge in [0.1, 0.15) is 5.75 Å². The van der Waals surface area contributed by atoms with E-state index in [9.17, 15) is 13.6 Å². The lowest BCUT2D eigenvalue weighted by molar-refractivity contribution is 0.144. The van der Waals surface area contributed by atoms with Crippen LogP contribution in [0.25, 0.3) is 0 Å². The van der Waals surface area contributed by atoms with Crippen molar-refractivity contribution in [2.24, 2.45) is 5.73 Å². The molecule has 0 aliphatic rings. The topological polar surface area (TPSA) is 79.1 Å². The first kappa shape index (κ1) is 9.66. The van der Waals surface area contributed by atoms with E-state index in [1.165, 1.54) is 0 Å². The summed E-state index contributed by atoms with van der Waals surface area (Å²) in [5.74, 6) is -0.499. The predicted molar refractivity (Wildman–Crippen MR) is 41.6 cm³/mol. The number of alkyl halides is 2. The Morgan fingerprint density at radius 3 is 2.69 bits per heavy atom. The molecule has 0 amide bonds. The molecule has 0 aliphatic carbocycles. The van der Waals surface area contributed by atoms with Gasteiger partial charge in [0.2, 0.25) is 0 Å². The Balaban J connectivity index is 3.38. The maximum atomic E-state index is 12.2. The highest BCUT2D eigenvalue weighted by molar-refractivity contribution is 5.34. The molecule has 72 valence electrons. The standard InChI is InChI=1S/C7H8F2N2O2/c8-7(9)6-3(2-10)4(12)1-5(13)11-6/h1,7H,2,10H2,(H2,11,12,13). The fraction of sp³-hybridized carbons (Fsp3) is 0.286. The molecule has 0 bridgehead atoms. The summed E-state index contributed by atoms with van der Waals surface area (Å²) < 4.78 is 24.5. The number of aromatic hydroxyl groups is 1. The van der Waals surface area contributed by atoms with Crippen LogP contribution in [0.4, 0.5) is 8.78 Å². The van der Waals surface area contributed by atoms with Crippen molar-refractivity contribution >= 4 is 0 Å². The van der Waals surface area contributed by atoms with Crippen molar-refractivity contribution in [1.82, 2.24) is 4.98 Å². The van der Waals surface area contributed by atoms with Crippen molar-refractivity contribution in [2.75, 3.05) is 0 Å². The smallest absolute Gasteiger partial charge is 0.278 e. The zero-order valence-corrected chi connectivity index (χ0v) is 6.55. The number of nitrogens with two attached hydrogens (primary N) is 1. The van der Waals surface area contributed by atoms with Gasteiger partial charge in [0.25, 0.3) is 12.0 Å². The zero-order chi connectivity index (χ0) is 10.0. The molecule has 0 radical (unpaired) electrons. The summed E-state index contributed by atoms with van der Waals surface area (Å²) in [5, 5.41) is 9.09. The number of rotatable bonds is 2. The third kappa shape index (κ3) is 1.83. The zero-order valence-electron chi connectivity index (χ0n) is 6.55. The third-order valence-electron chi connectivity index (χ3n) is 1.58. The van der Waals surface area contributed by atoms with Crippen LogP contribution >= 0.6 is 0 Å². The van der Waals surface area contributed by atoms with E-state index in [-0.39, 0.29) is 12.1 Å². The van der Waals surface area contributed by atoms with E-state index in [2.05, 4.69) is 0 Å². The fourth-order valence-corrected chi connectivity index (χ4v) is 0.994. The number of hydrogen-bond donors (Lipinski definition) is 3. The quantitative estimate of drug-likeness (QED) is 0.634. The first-order valence-corrected chi connectivity index (χ1v) is 3.49. The highest BCUT2D eigenvalue weighted by atomic mass is 19.3. The fourth-order valence-electron chi connectivity index (χ4n) is 0.994. The molecule has 4 nitrogen and oxygen atoms in total. The van der Waals surface area contributed by atoms with Crippen LogP contribution in [0.2, 0.25) is 0 Å². The summed E-state index contributed by atoms with van der Waals surface area (Å²) in [6.07, 6.45) is -2.85. The molecule has 4 N–H and O–H groups in total. The van der Waals surface area contributed by atoms with Crippen LogP contribution in [-0.4, -0.2) is 10.1 Å². The van der Waals surface area contributed by atoms with Gasteiger partial charge in [-0.3, -0.25) is 4.79 Å². The van der Waals surface area contributed by atoms with Crippen LogP contribution in [0, 0.1) is 0 Å². The summed E-state index contributed by atoms with van der Waals surface area (Å²) in [7, 11) is 0.